The highest BCUT2D eigenvalue weighted by molar-refractivity contribution is 6.01. The molecule has 4 rings (SSSR count). The molecular weight excluding hydrogens is 467 g/mol. The van der Waals surface area contributed by atoms with E-state index in [1.165, 1.54) is 22.9 Å². The zero-order valence-corrected chi connectivity index (χ0v) is 20.0. The number of halogens is 1. The van der Waals surface area contributed by atoms with Crippen molar-refractivity contribution in [3.63, 3.8) is 0 Å². The second kappa shape index (κ2) is 10.9. The highest BCUT2D eigenvalue weighted by Crippen LogP contribution is 2.26. The third-order valence-electron chi connectivity index (χ3n) is 6.38. The van der Waals surface area contributed by atoms with Gasteiger partial charge in [0.05, 0.1) is 5.52 Å². The molecule has 9 nitrogen and oxygen atoms in total. The molecule has 10 heteroatoms. The van der Waals surface area contributed by atoms with E-state index in [1.807, 2.05) is 0 Å². The largest absolute Gasteiger partial charge is 0.505 e. The standard InChI is InChI=1S/C26H29FN4O5/c1-2-20(32)29-25(35)22-24(34)23-19(14-17(15-28-23)13-16-6-8-18(27)9-7-16)31(26(22)36)12-11-30-10-4-3-5-21(30)33/h6-9,14-15,20,32,34H,2-5,10-13H2,1H3,(H,29,35). The van der Waals surface area contributed by atoms with Gasteiger partial charge < -0.3 is 25.0 Å². The van der Waals surface area contributed by atoms with Crippen molar-refractivity contribution >= 4 is 22.8 Å². The number of aliphatic hydroxyl groups excluding tert-OH is 1. The summed E-state index contributed by atoms with van der Waals surface area (Å²) in [5, 5.41) is 23.0. The third-order valence-corrected chi connectivity index (χ3v) is 6.38. The monoisotopic (exact) mass is 496 g/mol. The van der Waals surface area contributed by atoms with Crippen molar-refractivity contribution in [1.82, 2.24) is 19.8 Å². The van der Waals surface area contributed by atoms with Gasteiger partial charge in [-0.15, -0.1) is 0 Å². The zero-order valence-electron chi connectivity index (χ0n) is 20.0. The van der Waals surface area contributed by atoms with Gasteiger partial charge in [0, 0.05) is 32.3 Å². The molecule has 190 valence electrons. The number of carbonyl (C=O) groups excluding carboxylic acids is 2. The summed E-state index contributed by atoms with van der Waals surface area (Å²) in [6.07, 6.45) is 3.14. The maximum Gasteiger partial charge on any atom is 0.267 e. The van der Waals surface area contributed by atoms with E-state index < -0.39 is 29.0 Å². The maximum absolute atomic E-state index is 13.5. The van der Waals surface area contributed by atoms with E-state index >= 15 is 0 Å². The lowest BCUT2D eigenvalue weighted by molar-refractivity contribution is -0.133. The van der Waals surface area contributed by atoms with Gasteiger partial charge in [-0.3, -0.25) is 19.4 Å². The fourth-order valence-corrected chi connectivity index (χ4v) is 4.35. The van der Waals surface area contributed by atoms with E-state index in [0.29, 0.717) is 30.5 Å². The first-order valence-corrected chi connectivity index (χ1v) is 12.0. The summed E-state index contributed by atoms with van der Waals surface area (Å²) in [6.45, 7) is 2.61. The third kappa shape index (κ3) is 5.38. The van der Waals surface area contributed by atoms with Crippen molar-refractivity contribution in [3.05, 3.63) is 69.4 Å². The molecular formula is C26H29FN4O5. The Bertz CT molecular complexity index is 1340. The van der Waals surface area contributed by atoms with E-state index in [1.54, 1.807) is 30.0 Å². The summed E-state index contributed by atoms with van der Waals surface area (Å²) in [4.78, 5) is 44.6. The molecule has 3 aromatic rings. The van der Waals surface area contributed by atoms with Gasteiger partial charge in [0.2, 0.25) is 5.91 Å². The molecule has 0 aliphatic carbocycles. The van der Waals surface area contributed by atoms with Crippen molar-refractivity contribution in [2.45, 2.75) is 51.8 Å². The van der Waals surface area contributed by atoms with Crippen LogP contribution in [0.1, 0.15) is 54.1 Å². The number of nitrogens with zero attached hydrogens (tertiary/aromatic N) is 3. The van der Waals surface area contributed by atoms with E-state index in [0.717, 1.165) is 18.4 Å². The Morgan fingerprint density at radius 1 is 1.17 bits per heavy atom. The van der Waals surface area contributed by atoms with Crippen LogP contribution in [0.5, 0.6) is 5.75 Å². The van der Waals surface area contributed by atoms with Crippen molar-refractivity contribution in [3.8, 4) is 5.75 Å². The number of rotatable bonds is 8. The van der Waals surface area contributed by atoms with Gasteiger partial charge in [-0.1, -0.05) is 19.1 Å². The van der Waals surface area contributed by atoms with E-state index in [-0.39, 0.29) is 36.8 Å². The molecule has 3 heterocycles. The number of benzene rings is 1. The Morgan fingerprint density at radius 3 is 2.61 bits per heavy atom. The number of piperidine rings is 1. The van der Waals surface area contributed by atoms with Crippen LogP contribution in [0.15, 0.2) is 41.3 Å². The highest BCUT2D eigenvalue weighted by Gasteiger charge is 2.25. The number of hydrogen-bond donors (Lipinski definition) is 3. The zero-order chi connectivity index (χ0) is 25.8. The predicted molar refractivity (Wildman–Crippen MR) is 131 cm³/mol. The molecule has 1 aromatic carbocycles. The van der Waals surface area contributed by atoms with Crippen molar-refractivity contribution < 1.29 is 24.2 Å². The van der Waals surface area contributed by atoms with Crippen LogP contribution in [0.3, 0.4) is 0 Å². The fraction of sp³-hybridized carbons (Fsp3) is 0.385. The molecule has 1 fully saturated rings. The van der Waals surface area contributed by atoms with E-state index in [2.05, 4.69) is 10.3 Å². The number of aliphatic hydroxyl groups is 1. The quantitative estimate of drug-likeness (QED) is 0.411. The number of aromatic nitrogens is 2. The van der Waals surface area contributed by atoms with Crippen molar-refractivity contribution in [2.75, 3.05) is 13.1 Å². The van der Waals surface area contributed by atoms with Crippen LogP contribution in [0, 0.1) is 5.82 Å². The lowest BCUT2D eigenvalue weighted by Gasteiger charge is -2.27. The average Bonchev–Trinajstić information content (AvgIpc) is 2.86. The number of likely N-dealkylation sites (tertiary alicyclic amines) is 1. The molecule has 0 spiro atoms. The van der Waals surface area contributed by atoms with Crippen LogP contribution in [0.4, 0.5) is 4.39 Å². The van der Waals surface area contributed by atoms with Crippen LogP contribution >= 0.6 is 0 Å². The molecule has 1 atom stereocenters. The Morgan fingerprint density at radius 2 is 1.92 bits per heavy atom. The minimum absolute atomic E-state index is 0.0107. The lowest BCUT2D eigenvalue weighted by Crippen LogP contribution is -2.41. The second-order valence-electron chi connectivity index (χ2n) is 8.93. The maximum atomic E-state index is 13.5. The number of aromatic hydroxyl groups is 1. The Labute approximate surface area is 207 Å². The highest BCUT2D eigenvalue weighted by atomic mass is 19.1. The molecule has 1 saturated heterocycles. The van der Waals surface area contributed by atoms with E-state index in [9.17, 15) is 29.0 Å². The lowest BCUT2D eigenvalue weighted by atomic mass is 10.1. The molecule has 1 aliphatic heterocycles. The first kappa shape index (κ1) is 25.3. The number of pyridine rings is 2. The number of hydrogen-bond acceptors (Lipinski definition) is 6. The predicted octanol–water partition coefficient (Wildman–Crippen LogP) is 2.30. The van der Waals surface area contributed by atoms with Gasteiger partial charge in [0.1, 0.15) is 23.1 Å². The SMILES string of the molecule is CCC(O)NC(=O)c1c(O)c2ncc(Cc3ccc(F)cc3)cc2n(CCN2CCCCC2=O)c1=O. The number of carbonyl (C=O) groups is 2. The smallest absolute Gasteiger partial charge is 0.267 e. The topological polar surface area (TPSA) is 125 Å². The summed E-state index contributed by atoms with van der Waals surface area (Å²) < 4.78 is 14.6. The van der Waals surface area contributed by atoms with Gasteiger partial charge in [-0.2, -0.15) is 0 Å². The van der Waals surface area contributed by atoms with Gasteiger partial charge >= 0.3 is 0 Å². The Hall–Kier alpha value is -3.79. The minimum atomic E-state index is -1.18. The van der Waals surface area contributed by atoms with Crippen LogP contribution in [-0.4, -0.2) is 55.8 Å². The summed E-state index contributed by atoms with van der Waals surface area (Å²) >= 11 is 0. The van der Waals surface area contributed by atoms with Crippen LogP contribution in [-0.2, 0) is 17.8 Å². The molecule has 2 aromatic heterocycles. The van der Waals surface area contributed by atoms with Crippen LogP contribution in [0.25, 0.3) is 11.0 Å². The van der Waals surface area contributed by atoms with Crippen molar-refractivity contribution in [2.24, 2.45) is 0 Å². The van der Waals surface area contributed by atoms with Gasteiger partial charge in [0.15, 0.2) is 5.75 Å². The van der Waals surface area contributed by atoms with Gasteiger partial charge in [-0.05, 0) is 55.0 Å². The molecule has 0 saturated carbocycles. The summed E-state index contributed by atoms with van der Waals surface area (Å²) in [5.41, 5.74) is 0.658. The first-order valence-electron chi connectivity index (χ1n) is 12.0. The fourth-order valence-electron chi connectivity index (χ4n) is 4.35. The molecule has 36 heavy (non-hydrogen) atoms. The number of amides is 2. The normalized spacial score (nSPS) is 14.8. The number of fused-ring (bicyclic) bond motifs is 1. The van der Waals surface area contributed by atoms with Gasteiger partial charge in [-0.25, -0.2) is 4.39 Å². The Balaban J connectivity index is 1.77. The average molecular weight is 497 g/mol. The molecule has 2 amide bonds. The summed E-state index contributed by atoms with van der Waals surface area (Å²) in [7, 11) is 0. The van der Waals surface area contributed by atoms with Crippen molar-refractivity contribution in [1.29, 1.82) is 0 Å². The molecule has 1 aliphatic rings. The van der Waals surface area contributed by atoms with E-state index in [4.69, 9.17) is 0 Å². The Kier molecular flexibility index (Phi) is 7.64. The summed E-state index contributed by atoms with van der Waals surface area (Å²) in [6, 6.07) is 7.72. The minimum Gasteiger partial charge on any atom is -0.505 e. The second-order valence-corrected chi connectivity index (χ2v) is 8.93. The number of nitrogens with one attached hydrogen (secondary N) is 1. The molecule has 0 radical (unpaired) electrons. The molecule has 0 bridgehead atoms. The van der Waals surface area contributed by atoms with Gasteiger partial charge in [0.25, 0.3) is 11.5 Å². The molecule has 1 unspecified atom stereocenters. The van der Waals surface area contributed by atoms with Crippen LogP contribution < -0.4 is 10.9 Å². The first-order chi connectivity index (χ1) is 17.3. The molecule has 3 N–H and O–H groups in total. The van der Waals surface area contributed by atoms with Crippen LogP contribution in [0.2, 0.25) is 0 Å². The summed E-state index contributed by atoms with van der Waals surface area (Å²) in [5.74, 6) is -1.82.